The van der Waals surface area contributed by atoms with E-state index in [0.717, 1.165) is 11.1 Å². The Kier molecular flexibility index (Phi) is 4.82. The molecule has 1 amide bonds. The van der Waals surface area contributed by atoms with Crippen molar-refractivity contribution in [1.29, 1.82) is 0 Å². The minimum absolute atomic E-state index is 0.109. The Hall–Kier alpha value is -1.78. The zero-order chi connectivity index (χ0) is 14.5. The van der Waals surface area contributed by atoms with Crippen LogP contribution < -0.4 is 0 Å². The van der Waals surface area contributed by atoms with Crippen LogP contribution in [-0.4, -0.2) is 28.1 Å². The first-order valence-corrected chi connectivity index (χ1v) is 6.67. The normalized spacial score (nSPS) is 10.9. The van der Waals surface area contributed by atoms with Gasteiger partial charge in [-0.3, -0.25) is 9.89 Å². The number of rotatable bonds is 4. The quantitative estimate of drug-likeness (QED) is 0.880. The maximum Gasteiger partial charge on any atom is 0.246 e. The summed E-state index contributed by atoms with van der Waals surface area (Å²) in [4.78, 5) is 13.5. The summed E-state index contributed by atoms with van der Waals surface area (Å²) in [5.74, 6) is -0.109. The summed E-state index contributed by atoms with van der Waals surface area (Å²) in [6.07, 6.45) is 6.61. The molecule has 0 aliphatic carbocycles. The fourth-order valence-corrected chi connectivity index (χ4v) is 2.22. The molecule has 0 saturated heterocycles. The van der Waals surface area contributed by atoms with E-state index in [1.807, 2.05) is 0 Å². The molecule has 0 atom stereocenters. The number of benzene rings is 1. The molecule has 1 N–H and O–H groups in total. The van der Waals surface area contributed by atoms with Crippen molar-refractivity contribution in [3.8, 4) is 0 Å². The predicted molar refractivity (Wildman–Crippen MR) is 80.6 cm³/mol. The second kappa shape index (κ2) is 6.59. The van der Waals surface area contributed by atoms with Crippen LogP contribution in [0.25, 0.3) is 6.08 Å². The van der Waals surface area contributed by atoms with Gasteiger partial charge in [-0.25, -0.2) is 0 Å². The second-order valence-electron chi connectivity index (χ2n) is 4.34. The number of H-pyrrole nitrogens is 1. The summed E-state index contributed by atoms with van der Waals surface area (Å²) in [7, 11) is 1.73. The lowest BCUT2D eigenvalue weighted by molar-refractivity contribution is -0.125. The van der Waals surface area contributed by atoms with Gasteiger partial charge in [0.05, 0.1) is 6.20 Å². The molecule has 0 aliphatic heterocycles. The molecule has 0 aliphatic rings. The molecule has 1 heterocycles. The van der Waals surface area contributed by atoms with Gasteiger partial charge in [-0.15, -0.1) is 0 Å². The fourth-order valence-electron chi connectivity index (χ4n) is 1.68. The van der Waals surface area contributed by atoms with Crippen molar-refractivity contribution in [2.75, 3.05) is 7.05 Å². The molecule has 0 radical (unpaired) electrons. The molecule has 104 valence electrons. The van der Waals surface area contributed by atoms with E-state index in [-0.39, 0.29) is 5.91 Å². The van der Waals surface area contributed by atoms with Crippen LogP contribution in [0.1, 0.15) is 11.1 Å². The number of likely N-dealkylation sites (N-methyl/N-ethyl adjacent to an activating group) is 1. The first-order valence-electron chi connectivity index (χ1n) is 5.91. The Labute approximate surface area is 127 Å². The first-order chi connectivity index (χ1) is 9.54. The van der Waals surface area contributed by atoms with E-state index in [2.05, 4.69) is 10.2 Å². The Morgan fingerprint density at radius 2 is 2.05 bits per heavy atom. The molecule has 1 aromatic carbocycles. The number of hydrogen-bond acceptors (Lipinski definition) is 2. The van der Waals surface area contributed by atoms with E-state index in [4.69, 9.17) is 23.2 Å². The Morgan fingerprint density at radius 1 is 1.35 bits per heavy atom. The minimum Gasteiger partial charge on any atom is -0.338 e. The monoisotopic (exact) mass is 309 g/mol. The van der Waals surface area contributed by atoms with E-state index in [1.54, 1.807) is 48.6 Å². The van der Waals surface area contributed by atoms with Gasteiger partial charge in [-0.2, -0.15) is 5.10 Å². The highest BCUT2D eigenvalue weighted by atomic mass is 35.5. The number of aromatic amines is 1. The van der Waals surface area contributed by atoms with Crippen LogP contribution in [-0.2, 0) is 11.3 Å². The minimum atomic E-state index is -0.109. The van der Waals surface area contributed by atoms with Crippen LogP contribution in [0.4, 0.5) is 0 Å². The van der Waals surface area contributed by atoms with E-state index < -0.39 is 0 Å². The standard InChI is InChI=1S/C14H13Cl2N3O/c1-19(9-11-7-17-18-8-11)14(20)3-2-10-4-12(15)6-13(16)5-10/h2-8H,9H2,1H3,(H,17,18). The van der Waals surface area contributed by atoms with E-state index in [9.17, 15) is 4.79 Å². The molecule has 0 saturated carbocycles. The van der Waals surface area contributed by atoms with Crippen LogP contribution in [0.2, 0.25) is 10.0 Å². The number of aromatic nitrogens is 2. The molecular formula is C14H13Cl2N3O. The van der Waals surface area contributed by atoms with Gasteiger partial charge in [-0.05, 0) is 29.8 Å². The van der Waals surface area contributed by atoms with Gasteiger partial charge in [0.1, 0.15) is 0 Å². The SMILES string of the molecule is CN(Cc1cn[nH]c1)C(=O)C=Cc1cc(Cl)cc(Cl)c1. The largest absolute Gasteiger partial charge is 0.338 e. The number of carbonyl (C=O) groups is 1. The van der Waals surface area contributed by atoms with Crippen molar-refractivity contribution < 1.29 is 4.79 Å². The van der Waals surface area contributed by atoms with Gasteiger partial charge in [0.25, 0.3) is 0 Å². The Bertz CT molecular complexity index is 603. The Balaban J connectivity index is 2.01. The molecule has 0 unspecified atom stereocenters. The molecule has 4 nitrogen and oxygen atoms in total. The molecule has 2 rings (SSSR count). The lowest BCUT2D eigenvalue weighted by Gasteiger charge is -2.13. The van der Waals surface area contributed by atoms with Crippen LogP contribution >= 0.6 is 23.2 Å². The van der Waals surface area contributed by atoms with Crippen molar-refractivity contribution in [1.82, 2.24) is 15.1 Å². The average Bonchev–Trinajstić information content (AvgIpc) is 2.87. The third kappa shape index (κ3) is 4.11. The summed E-state index contributed by atoms with van der Waals surface area (Å²) >= 11 is 11.8. The maximum atomic E-state index is 12.0. The molecule has 0 fully saturated rings. The van der Waals surface area contributed by atoms with Gasteiger partial charge in [-0.1, -0.05) is 23.2 Å². The average molecular weight is 310 g/mol. The van der Waals surface area contributed by atoms with Crippen LogP contribution in [0.3, 0.4) is 0 Å². The topological polar surface area (TPSA) is 49.0 Å². The number of amides is 1. The maximum absolute atomic E-state index is 12.0. The van der Waals surface area contributed by atoms with E-state index >= 15 is 0 Å². The second-order valence-corrected chi connectivity index (χ2v) is 5.21. The number of nitrogens with zero attached hydrogens (tertiary/aromatic N) is 2. The predicted octanol–water partition coefficient (Wildman–Crippen LogP) is 3.39. The summed E-state index contributed by atoms with van der Waals surface area (Å²) in [6.45, 7) is 0.496. The Morgan fingerprint density at radius 3 is 2.65 bits per heavy atom. The summed E-state index contributed by atoms with van der Waals surface area (Å²) < 4.78 is 0. The molecule has 6 heteroatoms. The molecular weight excluding hydrogens is 297 g/mol. The molecule has 0 spiro atoms. The number of carbonyl (C=O) groups excluding carboxylic acids is 1. The number of halogens is 2. The highest BCUT2D eigenvalue weighted by Gasteiger charge is 2.06. The van der Waals surface area contributed by atoms with Gasteiger partial charge < -0.3 is 4.90 Å². The molecule has 1 aromatic heterocycles. The van der Waals surface area contributed by atoms with Crippen LogP contribution in [0, 0.1) is 0 Å². The zero-order valence-electron chi connectivity index (χ0n) is 10.8. The third-order valence-electron chi connectivity index (χ3n) is 2.65. The van der Waals surface area contributed by atoms with Gasteiger partial charge in [0.2, 0.25) is 5.91 Å². The van der Waals surface area contributed by atoms with Crippen molar-refractivity contribution in [3.05, 3.63) is 57.8 Å². The summed E-state index contributed by atoms with van der Waals surface area (Å²) in [5, 5.41) is 7.62. The lowest BCUT2D eigenvalue weighted by Crippen LogP contribution is -2.23. The lowest BCUT2D eigenvalue weighted by atomic mass is 10.2. The zero-order valence-corrected chi connectivity index (χ0v) is 12.3. The van der Waals surface area contributed by atoms with Crippen molar-refractivity contribution in [2.24, 2.45) is 0 Å². The van der Waals surface area contributed by atoms with Crippen LogP contribution in [0.15, 0.2) is 36.7 Å². The third-order valence-corrected chi connectivity index (χ3v) is 3.09. The molecule has 2 aromatic rings. The number of hydrogen-bond donors (Lipinski definition) is 1. The summed E-state index contributed by atoms with van der Waals surface area (Å²) in [6, 6.07) is 5.13. The first kappa shape index (κ1) is 14.6. The van der Waals surface area contributed by atoms with Crippen molar-refractivity contribution in [3.63, 3.8) is 0 Å². The van der Waals surface area contributed by atoms with Gasteiger partial charge in [0, 0.05) is 41.5 Å². The molecule has 0 bridgehead atoms. The highest BCUT2D eigenvalue weighted by molar-refractivity contribution is 6.34. The smallest absolute Gasteiger partial charge is 0.246 e. The summed E-state index contributed by atoms with van der Waals surface area (Å²) in [5.41, 5.74) is 1.73. The number of nitrogens with one attached hydrogen (secondary N) is 1. The van der Waals surface area contributed by atoms with E-state index in [0.29, 0.717) is 16.6 Å². The van der Waals surface area contributed by atoms with Crippen molar-refractivity contribution >= 4 is 35.2 Å². The highest BCUT2D eigenvalue weighted by Crippen LogP contribution is 2.19. The van der Waals surface area contributed by atoms with Crippen molar-refractivity contribution in [2.45, 2.75) is 6.54 Å². The van der Waals surface area contributed by atoms with Gasteiger partial charge >= 0.3 is 0 Å². The van der Waals surface area contributed by atoms with E-state index in [1.165, 1.54) is 6.08 Å². The van der Waals surface area contributed by atoms with Crippen LogP contribution in [0.5, 0.6) is 0 Å². The molecule has 20 heavy (non-hydrogen) atoms. The fraction of sp³-hybridized carbons (Fsp3) is 0.143. The van der Waals surface area contributed by atoms with Gasteiger partial charge in [0.15, 0.2) is 0 Å².